The van der Waals surface area contributed by atoms with Crippen LogP contribution in [0.5, 0.6) is 0 Å². The molecular weight excluding hydrogens is 368 g/mol. The summed E-state index contributed by atoms with van der Waals surface area (Å²) in [7, 11) is 0. The number of hydrogen-bond acceptors (Lipinski definition) is 5. The molecule has 0 bridgehead atoms. The molecule has 0 aliphatic heterocycles. The Hall–Kier alpha value is -3.12. The normalized spacial score (nSPS) is 11.5. The van der Waals surface area contributed by atoms with Gasteiger partial charge in [-0.1, -0.05) is 35.9 Å². The number of fused-ring (bicyclic) bond motifs is 1. The number of rotatable bonds is 4. The number of thiophene rings is 1. The van der Waals surface area contributed by atoms with Crippen LogP contribution in [0.2, 0.25) is 0 Å². The highest BCUT2D eigenvalue weighted by atomic mass is 32.1. The molecule has 4 aromatic rings. The van der Waals surface area contributed by atoms with Crippen molar-refractivity contribution in [2.45, 2.75) is 26.2 Å². The van der Waals surface area contributed by atoms with Crippen molar-refractivity contribution in [1.82, 2.24) is 15.0 Å². The fraction of sp³-hybridized carbons (Fsp3) is 0.182. The van der Waals surface area contributed by atoms with E-state index in [9.17, 15) is 4.79 Å². The number of nitrogens with zero attached hydrogens (tertiary/aromatic N) is 3. The summed E-state index contributed by atoms with van der Waals surface area (Å²) in [4.78, 5) is 27.5. The molecular formula is C22H20N4OS. The molecule has 1 N–H and O–H groups in total. The molecule has 0 spiro atoms. The Morgan fingerprint density at radius 1 is 1.04 bits per heavy atom. The van der Waals surface area contributed by atoms with Gasteiger partial charge in [0.15, 0.2) is 5.82 Å². The van der Waals surface area contributed by atoms with Gasteiger partial charge in [0.05, 0.1) is 10.8 Å². The third kappa shape index (κ3) is 3.39. The number of amides is 1. The molecule has 0 fully saturated rings. The highest BCUT2D eigenvalue weighted by Crippen LogP contribution is 2.30. The van der Waals surface area contributed by atoms with Gasteiger partial charge < -0.3 is 5.32 Å². The number of benzene rings is 1. The summed E-state index contributed by atoms with van der Waals surface area (Å²) in [5.74, 6) is 0.894. The molecule has 6 heteroatoms. The van der Waals surface area contributed by atoms with E-state index in [1.54, 1.807) is 6.20 Å². The zero-order valence-electron chi connectivity index (χ0n) is 15.9. The van der Waals surface area contributed by atoms with Crippen LogP contribution in [-0.2, 0) is 10.2 Å². The first kappa shape index (κ1) is 18.3. The molecule has 4 rings (SSSR count). The predicted molar refractivity (Wildman–Crippen MR) is 113 cm³/mol. The number of nitrogens with one attached hydrogen (secondary N) is 1. The first-order valence-electron chi connectivity index (χ1n) is 9.00. The monoisotopic (exact) mass is 388 g/mol. The van der Waals surface area contributed by atoms with Crippen LogP contribution in [-0.4, -0.2) is 20.9 Å². The lowest BCUT2D eigenvalue weighted by atomic mass is 9.83. The number of hydrogen-bond donors (Lipinski definition) is 1. The molecule has 3 heterocycles. The lowest BCUT2D eigenvalue weighted by Crippen LogP contribution is -2.35. The average Bonchev–Trinajstić information content (AvgIpc) is 3.18. The van der Waals surface area contributed by atoms with Gasteiger partial charge in [0, 0.05) is 6.20 Å². The molecule has 140 valence electrons. The predicted octanol–water partition coefficient (Wildman–Crippen LogP) is 4.98. The Labute approximate surface area is 167 Å². The zero-order chi connectivity index (χ0) is 19.7. The third-order valence-corrected chi connectivity index (χ3v) is 5.60. The molecule has 1 amide bonds. The van der Waals surface area contributed by atoms with Gasteiger partial charge in [-0.2, -0.15) is 0 Å². The van der Waals surface area contributed by atoms with E-state index < -0.39 is 5.41 Å². The van der Waals surface area contributed by atoms with Gasteiger partial charge in [-0.05, 0) is 49.9 Å². The van der Waals surface area contributed by atoms with E-state index in [-0.39, 0.29) is 5.91 Å². The van der Waals surface area contributed by atoms with Crippen molar-refractivity contribution in [2.75, 3.05) is 5.32 Å². The fourth-order valence-electron chi connectivity index (χ4n) is 2.93. The third-order valence-electron chi connectivity index (χ3n) is 4.79. The van der Waals surface area contributed by atoms with Gasteiger partial charge in [0.2, 0.25) is 5.91 Å². The van der Waals surface area contributed by atoms with Gasteiger partial charge in [-0.3, -0.25) is 9.78 Å². The van der Waals surface area contributed by atoms with Crippen LogP contribution in [0.25, 0.3) is 21.7 Å². The van der Waals surface area contributed by atoms with Crippen molar-refractivity contribution in [3.8, 4) is 11.5 Å². The van der Waals surface area contributed by atoms with Crippen molar-refractivity contribution in [3.05, 3.63) is 71.2 Å². The van der Waals surface area contributed by atoms with Crippen LogP contribution in [0.15, 0.2) is 60.1 Å². The van der Waals surface area contributed by atoms with Crippen molar-refractivity contribution < 1.29 is 4.79 Å². The largest absolute Gasteiger partial charge is 0.309 e. The minimum atomic E-state index is -0.702. The number of pyridine rings is 1. The zero-order valence-corrected chi connectivity index (χ0v) is 16.7. The molecule has 0 atom stereocenters. The first-order valence-corrected chi connectivity index (χ1v) is 9.88. The molecule has 0 radical (unpaired) electrons. The van der Waals surface area contributed by atoms with Crippen LogP contribution in [0.1, 0.15) is 25.0 Å². The average molecular weight is 388 g/mol. The van der Waals surface area contributed by atoms with Gasteiger partial charge in [-0.15, -0.1) is 11.3 Å². The number of anilines is 1. The minimum absolute atomic E-state index is 0.116. The van der Waals surface area contributed by atoms with Crippen LogP contribution in [0, 0.1) is 6.92 Å². The maximum atomic E-state index is 13.1. The summed E-state index contributed by atoms with van der Waals surface area (Å²) >= 11 is 1.51. The summed E-state index contributed by atoms with van der Waals surface area (Å²) < 4.78 is 0. The van der Waals surface area contributed by atoms with Crippen molar-refractivity contribution in [3.63, 3.8) is 0 Å². The fourth-order valence-corrected chi connectivity index (χ4v) is 3.69. The summed E-state index contributed by atoms with van der Waals surface area (Å²) in [6.07, 6.45) is 1.70. The standard InChI is InChI=1S/C22H20N4OS/c1-14-7-9-15(10-8-14)22(2,3)21(27)26-18-16-11-13-28-20(16)25-19(24-18)17-6-4-5-12-23-17/h4-13H,1-3H3,(H,24,25,26,27). The second kappa shape index (κ2) is 7.13. The highest BCUT2D eigenvalue weighted by molar-refractivity contribution is 7.16. The Morgan fingerprint density at radius 2 is 1.82 bits per heavy atom. The second-order valence-electron chi connectivity index (χ2n) is 7.20. The summed E-state index contributed by atoms with van der Waals surface area (Å²) in [6.45, 7) is 5.86. The van der Waals surface area contributed by atoms with Crippen LogP contribution in [0.4, 0.5) is 5.82 Å². The Balaban J connectivity index is 1.71. The van der Waals surface area contributed by atoms with Crippen LogP contribution >= 0.6 is 11.3 Å². The lowest BCUT2D eigenvalue weighted by Gasteiger charge is -2.24. The molecule has 0 aliphatic rings. The van der Waals surface area contributed by atoms with Gasteiger partial charge in [-0.25, -0.2) is 9.97 Å². The number of carbonyl (C=O) groups excluding carboxylic acids is 1. The Morgan fingerprint density at radius 3 is 2.54 bits per heavy atom. The second-order valence-corrected chi connectivity index (χ2v) is 8.09. The van der Waals surface area contributed by atoms with E-state index in [0.717, 1.165) is 21.3 Å². The molecule has 1 aromatic carbocycles. The minimum Gasteiger partial charge on any atom is -0.309 e. The summed E-state index contributed by atoms with van der Waals surface area (Å²) in [5.41, 5.74) is 2.09. The molecule has 0 unspecified atom stereocenters. The SMILES string of the molecule is Cc1ccc(C(C)(C)C(=O)Nc2nc(-c3ccccn3)nc3sccc23)cc1. The maximum Gasteiger partial charge on any atom is 0.235 e. The highest BCUT2D eigenvalue weighted by Gasteiger charge is 2.30. The van der Waals surface area contributed by atoms with Crippen LogP contribution in [0.3, 0.4) is 0 Å². The van der Waals surface area contributed by atoms with E-state index in [1.165, 1.54) is 11.3 Å². The van der Waals surface area contributed by atoms with E-state index in [2.05, 4.69) is 20.3 Å². The molecule has 3 aromatic heterocycles. The number of carbonyl (C=O) groups is 1. The lowest BCUT2D eigenvalue weighted by molar-refractivity contribution is -0.120. The maximum absolute atomic E-state index is 13.1. The smallest absolute Gasteiger partial charge is 0.235 e. The summed E-state index contributed by atoms with van der Waals surface area (Å²) in [5, 5.41) is 5.80. The van der Waals surface area contributed by atoms with Gasteiger partial charge >= 0.3 is 0 Å². The van der Waals surface area contributed by atoms with E-state index in [4.69, 9.17) is 0 Å². The topological polar surface area (TPSA) is 67.8 Å². The van der Waals surface area contributed by atoms with Gasteiger partial charge in [0.1, 0.15) is 16.3 Å². The number of aryl methyl sites for hydroxylation is 1. The molecule has 5 nitrogen and oxygen atoms in total. The van der Waals surface area contributed by atoms with E-state index in [1.807, 2.05) is 74.7 Å². The summed E-state index contributed by atoms with van der Waals surface area (Å²) in [6, 6.07) is 15.6. The van der Waals surface area contributed by atoms with Crippen molar-refractivity contribution >= 4 is 33.3 Å². The molecule has 0 saturated heterocycles. The molecule has 0 saturated carbocycles. The Bertz CT molecular complexity index is 1130. The number of aromatic nitrogens is 3. The van der Waals surface area contributed by atoms with E-state index in [0.29, 0.717) is 17.3 Å². The quantitative estimate of drug-likeness (QED) is 0.535. The van der Waals surface area contributed by atoms with Gasteiger partial charge in [0.25, 0.3) is 0 Å². The van der Waals surface area contributed by atoms with Crippen LogP contribution < -0.4 is 5.32 Å². The first-order chi connectivity index (χ1) is 13.4. The Kier molecular flexibility index (Phi) is 4.65. The van der Waals surface area contributed by atoms with E-state index >= 15 is 0 Å². The molecule has 28 heavy (non-hydrogen) atoms. The van der Waals surface area contributed by atoms with Crippen molar-refractivity contribution in [2.24, 2.45) is 0 Å². The van der Waals surface area contributed by atoms with Crippen molar-refractivity contribution in [1.29, 1.82) is 0 Å². The molecule has 0 aliphatic carbocycles.